The van der Waals surface area contributed by atoms with E-state index in [0.29, 0.717) is 0 Å². The van der Waals surface area contributed by atoms with Crippen molar-refractivity contribution >= 4 is 0 Å². The molecule has 4 nitrogen and oxygen atoms in total. The first-order valence-electron chi connectivity index (χ1n) is 7.19. The Bertz CT molecular complexity index is 548. The smallest absolute Gasteiger partial charge is 0.140 e. The van der Waals surface area contributed by atoms with E-state index >= 15 is 0 Å². The number of imidazole rings is 1. The third-order valence-corrected chi connectivity index (χ3v) is 3.35. The molecule has 0 fully saturated rings. The number of hydrogen-bond acceptors (Lipinski definition) is 3. The van der Waals surface area contributed by atoms with Crippen molar-refractivity contribution in [2.24, 2.45) is 0 Å². The molecule has 1 N–H and O–H groups in total. The van der Waals surface area contributed by atoms with Gasteiger partial charge in [-0.1, -0.05) is 6.92 Å². The lowest BCUT2D eigenvalue weighted by Crippen LogP contribution is -2.15. The van der Waals surface area contributed by atoms with Crippen LogP contribution in [0.2, 0.25) is 0 Å². The predicted octanol–water partition coefficient (Wildman–Crippen LogP) is 3.08. The molecule has 0 radical (unpaired) electrons. The molecule has 1 heterocycles. The molecule has 20 heavy (non-hydrogen) atoms. The first-order valence-corrected chi connectivity index (χ1v) is 7.19. The molecule has 0 unspecified atom stereocenters. The van der Waals surface area contributed by atoms with Gasteiger partial charge in [0.1, 0.15) is 11.6 Å². The van der Waals surface area contributed by atoms with Gasteiger partial charge in [-0.2, -0.15) is 0 Å². The first-order chi connectivity index (χ1) is 9.80. The van der Waals surface area contributed by atoms with Crippen LogP contribution in [-0.2, 0) is 13.1 Å². The van der Waals surface area contributed by atoms with Crippen molar-refractivity contribution in [1.29, 1.82) is 0 Å². The molecule has 0 bridgehead atoms. The number of methoxy groups -OCH3 is 1. The minimum absolute atomic E-state index is 0.830. The van der Waals surface area contributed by atoms with E-state index in [-0.39, 0.29) is 0 Å². The molecule has 1 aromatic heterocycles. The van der Waals surface area contributed by atoms with Crippen molar-refractivity contribution in [2.75, 3.05) is 13.7 Å². The Kier molecular flexibility index (Phi) is 5.18. The van der Waals surface area contributed by atoms with Crippen LogP contribution in [0.3, 0.4) is 0 Å². The van der Waals surface area contributed by atoms with E-state index in [1.54, 1.807) is 7.11 Å². The van der Waals surface area contributed by atoms with Crippen LogP contribution >= 0.6 is 0 Å². The van der Waals surface area contributed by atoms with Crippen LogP contribution in [0.15, 0.2) is 30.6 Å². The Hall–Kier alpha value is -1.81. The number of hydrogen-bond donors (Lipinski definition) is 1. The molecule has 2 aromatic rings. The van der Waals surface area contributed by atoms with Crippen molar-refractivity contribution in [2.45, 2.75) is 33.4 Å². The van der Waals surface area contributed by atoms with Crippen molar-refractivity contribution in [3.05, 3.63) is 36.2 Å². The zero-order valence-corrected chi connectivity index (χ0v) is 12.5. The summed E-state index contributed by atoms with van der Waals surface area (Å²) in [5.41, 5.74) is 2.39. The van der Waals surface area contributed by atoms with Gasteiger partial charge in [-0.25, -0.2) is 4.98 Å². The van der Waals surface area contributed by atoms with Crippen molar-refractivity contribution in [3.8, 4) is 17.1 Å². The maximum absolute atomic E-state index is 5.34. The second-order valence-corrected chi connectivity index (χ2v) is 4.74. The van der Waals surface area contributed by atoms with Gasteiger partial charge in [-0.3, -0.25) is 0 Å². The zero-order valence-electron chi connectivity index (χ0n) is 12.5. The molecule has 0 saturated carbocycles. The Labute approximate surface area is 120 Å². The molecule has 1 aromatic carbocycles. The summed E-state index contributed by atoms with van der Waals surface area (Å²) in [6.45, 7) is 7.06. The largest absolute Gasteiger partial charge is 0.497 e. The SMILES string of the molecule is CCCNCc1cc(OC)ccc1-c1nccn1CC. The second-order valence-electron chi connectivity index (χ2n) is 4.74. The van der Waals surface area contributed by atoms with Gasteiger partial charge in [0.15, 0.2) is 0 Å². The molecule has 0 spiro atoms. The topological polar surface area (TPSA) is 39.1 Å². The van der Waals surface area contributed by atoms with Crippen molar-refractivity contribution in [3.63, 3.8) is 0 Å². The van der Waals surface area contributed by atoms with Crippen LogP contribution in [0, 0.1) is 0 Å². The summed E-state index contributed by atoms with van der Waals surface area (Å²) < 4.78 is 7.49. The standard InChI is InChI=1S/C16H23N3O/c1-4-8-17-12-13-11-14(20-3)6-7-15(13)16-18-9-10-19(16)5-2/h6-7,9-11,17H,4-5,8,12H2,1-3H3. The Morgan fingerprint density at radius 1 is 1.30 bits per heavy atom. The van der Waals surface area contributed by atoms with Crippen molar-refractivity contribution < 1.29 is 4.74 Å². The number of rotatable bonds is 7. The first kappa shape index (κ1) is 14.6. The zero-order chi connectivity index (χ0) is 14.4. The molecule has 0 saturated heterocycles. The normalized spacial score (nSPS) is 10.8. The van der Waals surface area contributed by atoms with Gasteiger partial charge in [-0.15, -0.1) is 0 Å². The highest BCUT2D eigenvalue weighted by Gasteiger charge is 2.11. The van der Waals surface area contributed by atoms with Crippen LogP contribution in [-0.4, -0.2) is 23.2 Å². The van der Waals surface area contributed by atoms with Crippen LogP contribution < -0.4 is 10.1 Å². The molecule has 0 aliphatic rings. The summed E-state index contributed by atoms with van der Waals surface area (Å²) in [7, 11) is 1.70. The van der Waals surface area contributed by atoms with E-state index in [4.69, 9.17) is 4.74 Å². The Morgan fingerprint density at radius 3 is 2.85 bits per heavy atom. The summed E-state index contributed by atoms with van der Waals surface area (Å²) in [6.07, 6.45) is 5.00. The quantitative estimate of drug-likeness (QED) is 0.788. The lowest BCUT2D eigenvalue weighted by atomic mass is 10.1. The lowest BCUT2D eigenvalue weighted by Gasteiger charge is -2.13. The highest BCUT2D eigenvalue weighted by atomic mass is 16.5. The number of nitrogens with zero attached hydrogens (tertiary/aromatic N) is 2. The fourth-order valence-electron chi connectivity index (χ4n) is 2.27. The van der Waals surface area contributed by atoms with Gasteiger partial charge in [0, 0.05) is 31.0 Å². The molecule has 0 aliphatic carbocycles. The molecule has 0 aliphatic heterocycles. The van der Waals surface area contributed by atoms with Crippen LogP contribution in [0.1, 0.15) is 25.8 Å². The number of benzene rings is 1. The maximum atomic E-state index is 5.34. The van der Waals surface area contributed by atoms with E-state index < -0.39 is 0 Å². The van der Waals surface area contributed by atoms with Gasteiger partial charge >= 0.3 is 0 Å². The molecule has 108 valence electrons. The number of nitrogens with one attached hydrogen (secondary N) is 1. The minimum Gasteiger partial charge on any atom is -0.497 e. The van der Waals surface area contributed by atoms with Crippen LogP contribution in [0.4, 0.5) is 0 Å². The minimum atomic E-state index is 0.830. The highest BCUT2D eigenvalue weighted by molar-refractivity contribution is 5.62. The summed E-state index contributed by atoms with van der Waals surface area (Å²) in [5, 5.41) is 3.45. The Balaban J connectivity index is 2.35. The number of aryl methyl sites for hydroxylation is 1. The summed E-state index contributed by atoms with van der Waals surface area (Å²) in [5.74, 6) is 1.90. The third-order valence-electron chi connectivity index (χ3n) is 3.35. The van der Waals surface area contributed by atoms with Crippen molar-refractivity contribution in [1.82, 2.24) is 14.9 Å². The molecular weight excluding hydrogens is 250 g/mol. The summed E-state index contributed by atoms with van der Waals surface area (Å²) in [6, 6.07) is 6.18. The van der Waals surface area contributed by atoms with Gasteiger partial charge in [-0.05, 0) is 43.7 Å². The molecule has 0 amide bonds. The van der Waals surface area contributed by atoms with Gasteiger partial charge in [0.05, 0.1) is 7.11 Å². The molecular formula is C16H23N3O. The fraction of sp³-hybridized carbons (Fsp3) is 0.438. The Morgan fingerprint density at radius 2 is 2.15 bits per heavy atom. The van der Waals surface area contributed by atoms with E-state index in [0.717, 1.165) is 37.6 Å². The second kappa shape index (κ2) is 7.10. The number of ether oxygens (including phenoxy) is 1. The average Bonchev–Trinajstić information content (AvgIpc) is 2.95. The lowest BCUT2D eigenvalue weighted by molar-refractivity contribution is 0.414. The van der Waals surface area contributed by atoms with Crippen LogP contribution in [0.25, 0.3) is 11.4 Å². The molecule has 4 heteroatoms. The number of aromatic nitrogens is 2. The van der Waals surface area contributed by atoms with Gasteiger partial charge in [0.25, 0.3) is 0 Å². The summed E-state index contributed by atoms with van der Waals surface area (Å²) in [4.78, 5) is 4.50. The predicted molar refractivity (Wildman–Crippen MR) is 81.9 cm³/mol. The average molecular weight is 273 g/mol. The fourth-order valence-corrected chi connectivity index (χ4v) is 2.27. The maximum Gasteiger partial charge on any atom is 0.140 e. The molecule has 2 rings (SSSR count). The van der Waals surface area contributed by atoms with E-state index in [1.165, 1.54) is 11.1 Å². The van der Waals surface area contributed by atoms with Crippen LogP contribution in [0.5, 0.6) is 5.75 Å². The van der Waals surface area contributed by atoms with E-state index in [1.807, 2.05) is 18.5 Å². The van der Waals surface area contributed by atoms with Gasteiger partial charge < -0.3 is 14.6 Å². The highest BCUT2D eigenvalue weighted by Crippen LogP contribution is 2.26. The monoisotopic (exact) mass is 273 g/mol. The molecule has 0 atom stereocenters. The van der Waals surface area contributed by atoms with Gasteiger partial charge in [0.2, 0.25) is 0 Å². The van der Waals surface area contributed by atoms with E-state index in [9.17, 15) is 0 Å². The third kappa shape index (κ3) is 3.20. The summed E-state index contributed by atoms with van der Waals surface area (Å²) >= 11 is 0. The van der Waals surface area contributed by atoms with E-state index in [2.05, 4.69) is 40.8 Å².